The van der Waals surface area contributed by atoms with Gasteiger partial charge in [0.1, 0.15) is 0 Å². The number of nitrogens with zero attached hydrogens (tertiary/aromatic N) is 2. The van der Waals surface area contributed by atoms with E-state index in [1.54, 1.807) is 0 Å². The van der Waals surface area contributed by atoms with Gasteiger partial charge >= 0.3 is 0 Å². The lowest BCUT2D eigenvalue weighted by Crippen LogP contribution is -2.28. The van der Waals surface area contributed by atoms with E-state index >= 15 is 0 Å². The molecule has 2 rings (SSSR count). The van der Waals surface area contributed by atoms with Crippen molar-refractivity contribution in [2.45, 2.75) is 26.2 Å². The third-order valence-electron chi connectivity index (χ3n) is 2.95. The molecule has 1 saturated carbocycles. The Morgan fingerprint density at radius 3 is 2.94 bits per heavy atom. The summed E-state index contributed by atoms with van der Waals surface area (Å²) in [6.07, 6.45) is 3.68. The van der Waals surface area contributed by atoms with E-state index in [0.717, 1.165) is 23.8 Å². The second kappa shape index (κ2) is 5.10. The molecule has 1 aliphatic rings. The number of aromatic nitrogens is 2. The third kappa shape index (κ3) is 2.92. The van der Waals surface area contributed by atoms with Gasteiger partial charge < -0.3 is 5.32 Å². The number of carbonyl (C=O) groups excluding carboxylic acids is 1. The lowest BCUT2D eigenvalue weighted by molar-refractivity contribution is 0.0946. The second-order valence-electron chi connectivity index (χ2n) is 4.35. The molecule has 16 heavy (non-hydrogen) atoms. The molecule has 2 atom stereocenters. The van der Waals surface area contributed by atoms with Gasteiger partial charge in [-0.2, -0.15) is 0 Å². The molecule has 0 aliphatic heterocycles. The fraction of sp³-hybridized carbons (Fsp3) is 0.700. The summed E-state index contributed by atoms with van der Waals surface area (Å²) in [5.74, 6) is 1.24. The summed E-state index contributed by atoms with van der Waals surface area (Å²) in [6.45, 7) is 2.99. The van der Waals surface area contributed by atoms with E-state index < -0.39 is 0 Å². The highest BCUT2D eigenvalue weighted by Gasteiger charge is 2.22. The molecule has 0 radical (unpaired) electrons. The first-order chi connectivity index (χ1) is 7.65. The van der Waals surface area contributed by atoms with Crippen LogP contribution in [0.15, 0.2) is 0 Å². The predicted octanol–water partition coefficient (Wildman–Crippen LogP) is 2.36. The number of amides is 1. The molecular formula is C10H14ClN3OS. The van der Waals surface area contributed by atoms with Gasteiger partial charge in [-0.1, -0.05) is 24.7 Å². The lowest BCUT2D eigenvalue weighted by atomic mass is 10.1. The van der Waals surface area contributed by atoms with Crippen LogP contribution in [0.4, 0.5) is 0 Å². The Labute approximate surface area is 103 Å². The van der Waals surface area contributed by atoms with Crippen molar-refractivity contribution in [3.63, 3.8) is 0 Å². The van der Waals surface area contributed by atoms with Crippen molar-refractivity contribution in [3.05, 3.63) is 9.47 Å². The molecule has 0 spiro atoms. The molecule has 0 saturated heterocycles. The molecule has 1 aromatic rings. The van der Waals surface area contributed by atoms with E-state index in [1.165, 1.54) is 19.3 Å². The summed E-state index contributed by atoms with van der Waals surface area (Å²) in [5.41, 5.74) is 0. The van der Waals surface area contributed by atoms with E-state index in [9.17, 15) is 4.79 Å². The Morgan fingerprint density at radius 2 is 2.38 bits per heavy atom. The van der Waals surface area contributed by atoms with Crippen LogP contribution in [0.3, 0.4) is 0 Å². The van der Waals surface area contributed by atoms with Crippen LogP contribution in [-0.4, -0.2) is 22.6 Å². The van der Waals surface area contributed by atoms with Crippen molar-refractivity contribution in [1.82, 2.24) is 15.5 Å². The minimum Gasteiger partial charge on any atom is -0.350 e. The first-order valence-corrected chi connectivity index (χ1v) is 6.62. The second-order valence-corrected chi connectivity index (χ2v) is 5.91. The Balaban J connectivity index is 1.80. The number of hydrogen-bond donors (Lipinski definition) is 1. The van der Waals surface area contributed by atoms with E-state index in [1.807, 2.05) is 0 Å². The van der Waals surface area contributed by atoms with Crippen molar-refractivity contribution in [3.8, 4) is 0 Å². The van der Waals surface area contributed by atoms with Gasteiger partial charge in [0.15, 0.2) is 0 Å². The van der Waals surface area contributed by atoms with Gasteiger partial charge in [-0.3, -0.25) is 4.79 Å². The van der Waals surface area contributed by atoms with Gasteiger partial charge in [-0.05, 0) is 36.3 Å². The van der Waals surface area contributed by atoms with Crippen molar-refractivity contribution in [2.75, 3.05) is 6.54 Å². The first kappa shape index (κ1) is 11.8. The first-order valence-electron chi connectivity index (χ1n) is 5.42. The van der Waals surface area contributed by atoms with Crippen molar-refractivity contribution < 1.29 is 4.79 Å². The van der Waals surface area contributed by atoms with Gasteiger partial charge in [0.05, 0.1) is 0 Å². The number of carbonyl (C=O) groups is 1. The topological polar surface area (TPSA) is 54.9 Å². The van der Waals surface area contributed by atoms with E-state index in [2.05, 4.69) is 22.4 Å². The van der Waals surface area contributed by atoms with Crippen LogP contribution >= 0.6 is 22.9 Å². The SMILES string of the molecule is CC1CCC(CNC(=O)c2nnc(Cl)s2)C1. The van der Waals surface area contributed by atoms with Crippen LogP contribution < -0.4 is 5.32 Å². The summed E-state index contributed by atoms with van der Waals surface area (Å²) in [5, 5.41) is 10.5. The molecule has 0 aromatic carbocycles. The molecule has 6 heteroatoms. The fourth-order valence-electron chi connectivity index (χ4n) is 2.12. The number of halogens is 1. The van der Waals surface area contributed by atoms with Gasteiger partial charge in [0.2, 0.25) is 9.47 Å². The summed E-state index contributed by atoms with van der Waals surface area (Å²) in [6, 6.07) is 0. The van der Waals surface area contributed by atoms with Crippen LogP contribution in [-0.2, 0) is 0 Å². The summed E-state index contributed by atoms with van der Waals surface area (Å²) in [7, 11) is 0. The molecular weight excluding hydrogens is 246 g/mol. The molecule has 1 fully saturated rings. The smallest absolute Gasteiger partial charge is 0.282 e. The van der Waals surface area contributed by atoms with Gasteiger partial charge in [0.25, 0.3) is 5.91 Å². The highest BCUT2D eigenvalue weighted by Crippen LogP contribution is 2.29. The largest absolute Gasteiger partial charge is 0.350 e. The molecule has 88 valence electrons. The molecule has 4 nitrogen and oxygen atoms in total. The fourth-order valence-corrected chi connectivity index (χ4v) is 2.86. The zero-order valence-corrected chi connectivity index (χ0v) is 10.6. The maximum Gasteiger partial charge on any atom is 0.282 e. The maximum absolute atomic E-state index is 11.6. The summed E-state index contributed by atoms with van der Waals surface area (Å²) in [4.78, 5) is 11.6. The van der Waals surface area contributed by atoms with Gasteiger partial charge in [-0.25, -0.2) is 0 Å². The van der Waals surface area contributed by atoms with Crippen LogP contribution in [0.1, 0.15) is 36.0 Å². The Kier molecular flexibility index (Phi) is 3.76. The summed E-state index contributed by atoms with van der Waals surface area (Å²) >= 11 is 6.73. The Bertz CT molecular complexity index is 382. The standard InChI is InChI=1S/C10H14ClN3OS/c1-6-2-3-7(4-6)5-12-8(15)9-13-14-10(11)16-9/h6-7H,2-5H2,1H3,(H,12,15). The average molecular weight is 260 g/mol. The Hall–Kier alpha value is -0.680. The Morgan fingerprint density at radius 1 is 1.56 bits per heavy atom. The minimum atomic E-state index is -0.163. The molecule has 1 aromatic heterocycles. The molecule has 1 N–H and O–H groups in total. The van der Waals surface area contributed by atoms with Gasteiger partial charge in [0, 0.05) is 6.54 Å². The monoisotopic (exact) mass is 259 g/mol. The predicted molar refractivity (Wildman–Crippen MR) is 63.8 cm³/mol. The highest BCUT2D eigenvalue weighted by molar-refractivity contribution is 7.17. The molecule has 1 amide bonds. The highest BCUT2D eigenvalue weighted by atomic mass is 35.5. The van der Waals surface area contributed by atoms with E-state index in [-0.39, 0.29) is 5.91 Å². The van der Waals surface area contributed by atoms with Crippen molar-refractivity contribution >= 4 is 28.8 Å². The van der Waals surface area contributed by atoms with E-state index in [0.29, 0.717) is 15.4 Å². The number of nitrogens with one attached hydrogen (secondary N) is 1. The number of rotatable bonds is 3. The average Bonchev–Trinajstić information content (AvgIpc) is 2.84. The molecule has 2 unspecified atom stereocenters. The zero-order chi connectivity index (χ0) is 11.5. The third-order valence-corrected chi connectivity index (χ3v) is 3.97. The lowest BCUT2D eigenvalue weighted by Gasteiger charge is -2.09. The zero-order valence-electron chi connectivity index (χ0n) is 9.07. The van der Waals surface area contributed by atoms with Gasteiger partial charge in [-0.15, -0.1) is 10.2 Å². The van der Waals surface area contributed by atoms with Crippen LogP contribution in [0.5, 0.6) is 0 Å². The minimum absolute atomic E-state index is 0.163. The molecule has 1 heterocycles. The normalized spacial score (nSPS) is 24.6. The molecule has 1 aliphatic carbocycles. The quantitative estimate of drug-likeness (QED) is 0.907. The van der Waals surface area contributed by atoms with Crippen molar-refractivity contribution in [2.24, 2.45) is 11.8 Å². The molecule has 0 bridgehead atoms. The van der Waals surface area contributed by atoms with Crippen LogP contribution in [0.2, 0.25) is 4.47 Å². The van der Waals surface area contributed by atoms with E-state index in [4.69, 9.17) is 11.6 Å². The van der Waals surface area contributed by atoms with Crippen LogP contribution in [0, 0.1) is 11.8 Å². The maximum atomic E-state index is 11.6. The number of hydrogen-bond acceptors (Lipinski definition) is 4. The summed E-state index contributed by atoms with van der Waals surface area (Å²) < 4.78 is 0.305. The van der Waals surface area contributed by atoms with Crippen molar-refractivity contribution in [1.29, 1.82) is 0 Å². The van der Waals surface area contributed by atoms with Crippen LogP contribution in [0.25, 0.3) is 0 Å².